The van der Waals surface area contributed by atoms with Gasteiger partial charge >= 0.3 is 0 Å². The molecule has 6 unspecified atom stereocenters. The lowest BCUT2D eigenvalue weighted by atomic mass is 9.63. The Morgan fingerprint density at radius 2 is 1.61 bits per heavy atom. The van der Waals surface area contributed by atoms with E-state index in [-0.39, 0.29) is 48.1 Å². The molecule has 4 aliphatic carbocycles. The number of rotatable bonds is 5. The number of carbonyl (C=O) groups is 3. The van der Waals surface area contributed by atoms with Crippen molar-refractivity contribution in [3.63, 3.8) is 0 Å². The lowest BCUT2D eigenvalue weighted by Crippen LogP contribution is -2.45. The van der Waals surface area contributed by atoms with Crippen LogP contribution in [-0.4, -0.2) is 36.4 Å². The van der Waals surface area contributed by atoms with Crippen molar-refractivity contribution in [2.75, 3.05) is 18.7 Å². The van der Waals surface area contributed by atoms with Gasteiger partial charge in [0.2, 0.25) is 11.8 Å². The Balaban J connectivity index is 1.35. The van der Waals surface area contributed by atoms with Crippen molar-refractivity contribution in [1.82, 2.24) is 4.90 Å². The van der Waals surface area contributed by atoms with Crippen LogP contribution in [0.5, 0.6) is 5.75 Å². The molecule has 1 heterocycles. The molecule has 2 aromatic rings. The Bertz CT molecular complexity index is 1160. The van der Waals surface area contributed by atoms with Crippen molar-refractivity contribution in [1.29, 1.82) is 0 Å². The van der Waals surface area contributed by atoms with E-state index in [1.165, 1.54) is 16.9 Å². The third kappa shape index (κ3) is 3.09. The Labute approximate surface area is 200 Å². The monoisotopic (exact) mass is 506 g/mol. The maximum absolute atomic E-state index is 13.7. The minimum absolute atomic E-state index is 0.113. The molecule has 2 bridgehead atoms. The van der Waals surface area contributed by atoms with Gasteiger partial charge in [-0.05, 0) is 66.5 Å². The molecule has 33 heavy (non-hydrogen) atoms. The van der Waals surface area contributed by atoms with E-state index in [1.807, 2.05) is 12.1 Å². The van der Waals surface area contributed by atoms with Crippen LogP contribution in [0.15, 0.2) is 65.2 Å². The van der Waals surface area contributed by atoms with E-state index in [4.69, 9.17) is 4.74 Å². The number of amides is 3. The molecule has 6 atom stereocenters. The number of nitrogens with zero attached hydrogens (tertiary/aromatic N) is 2. The highest BCUT2D eigenvalue weighted by Gasteiger charge is 2.67. The first kappa shape index (κ1) is 20.7. The van der Waals surface area contributed by atoms with E-state index in [9.17, 15) is 14.4 Å². The maximum Gasteiger partial charge on any atom is 0.263 e. The molecule has 3 fully saturated rings. The van der Waals surface area contributed by atoms with Gasteiger partial charge in [0.25, 0.3) is 5.91 Å². The van der Waals surface area contributed by atoms with Crippen LogP contribution < -0.4 is 9.64 Å². The van der Waals surface area contributed by atoms with Crippen LogP contribution in [0.1, 0.15) is 16.8 Å². The number of hydrogen-bond donors (Lipinski definition) is 0. The topological polar surface area (TPSA) is 66.9 Å². The van der Waals surface area contributed by atoms with Crippen LogP contribution in [0.3, 0.4) is 0 Å². The summed E-state index contributed by atoms with van der Waals surface area (Å²) in [5, 5.41) is 0. The highest BCUT2D eigenvalue weighted by Crippen LogP contribution is 2.65. The minimum atomic E-state index is -0.325. The van der Waals surface area contributed by atoms with Gasteiger partial charge in [-0.25, -0.2) is 0 Å². The second-order valence-corrected chi connectivity index (χ2v) is 10.2. The number of para-hydroxylation sites is 1. The fraction of sp³-hybridized carbons (Fsp3) is 0.346. The number of ether oxygens (including phenoxy) is 1. The average molecular weight is 507 g/mol. The number of allylic oxidation sites excluding steroid dienone is 2. The van der Waals surface area contributed by atoms with Crippen LogP contribution in [0.4, 0.5) is 5.69 Å². The Morgan fingerprint density at radius 1 is 1.00 bits per heavy atom. The van der Waals surface area contributed by atoms with Gasteiger partial charge in [-0.3, -0.25) is 24.2 Å². The summed E-state index contributed by atoms with van der Waals surface area (Å²) >= 11 is 3.43. The average Bonchev–Trinajstić information content (AvgIpc) is 3.63. The quantitative estimate of drug-likeness (QED) is 0.452. The number of halogens is 1. The third-order valence-corrected chi connectivity index (χ3v) is 8.29. The summed E-state index contributed by atoms with van der Waals surface area (Å²) in [6, 6.07) is 14.3. The van der Waals surface area contributed by atoms with Crippen LogP contribution >= 0.6 is 15.9 Å². The number of imide groups is 1. The molecular weight excluding hydrogens is 484 g/mol. The van der Waals surface area contributed by atoms with Crippen molar-refractivity contribution in [2.45, 2.75) is 6.42 Å². The molecule has 7 heteroatoms. The summed E-state index contributed by atoms with van der Waals surface area (Å²) in [6.07, 6.45) is 5.43. The molecular formula is C26H23BrN2O4. The van der Waals surface area contributed by atoms with E-state index < -0.39 is 0 Å². The number of methoxy groups -OCH3 is 1. The maximum atomic E-state index is 13.7. The van der Waals surface area contributed by atoms with E-state index in [0.717, 1.165) is 10.9 Å². The summed E-state index contributed by atoms with van der Waals surface area (Å²) in [5.74, 6) is 0.624. The predicted molar refractivity (Wildman–Crippen MR) is 125 cm³/mol. The number of carbonyl (C=O) groups excluding carboxylic acids is 3. The molecule has 0 spiro atoms. The molecule has 7 rings (SSSR count). The van der Waals surface area contributed by atoms with E-state index in [0.29, 0.717) is 28.8 Å². The zero-order valence-electron chi connectivity index (χ0n) is 18.1. The molecule has 6 nitrogen and oxygen atoms in total. The lowest BCUT2D eigenvalue weighted by Gasteiger charge is -2.37. The zero-order valence-corrected chi connectivity index (χ0v) is 19.6. The summed E-state index contributed by atoms with van der Waals surface area (Å²) in [6.45, 7) is -0.113. The summed E-state index contributed by atoms with van der Waals surface area (Å²) in [7, 11) is 1.52. The molecule has 3 amide bonds. The van der Waals surface area contributed by atoms with Gasteiger partial charge in [0.15, 0.2) is 0 Å². The van der Waals surface area contributed by atoms with Gasteiger partial charge in [-0.2, -0.15) is 0 Å². The lowest BCUT2D eigenvalue weighted by molar-refractivity contribution is -0.140. The number of hydrogen-bond acceptors (Lipinski definition) is 4. The van der Waals surface area contributed by atoms with Crippen molar-refractivity contribution in [3.8, 4) is 5.75 Å². The molecule has 0 N–H and O–H groups in total. The van der Waals surface area contributed by atoms with Gasteiger partial charge in [0, 0.05) is 10.2 Å². The molecule has 2 saturated carbocycles. The molecule has 1 saturated heterocycles. The number of anilines is 1. The van der Waals surface area contributed by atoms with Crippen molar-refractivity contribution < 1.29 is 19.1 Å². The van der Waals surface area contributed by atoms with Crippen LogP contribution in [0.2, 0.25) is 0 Å². The van der Waals surface area contributed by atoms with Gasteiger partial charge in [0.1, 0.15) is 12.4 Å². The smallest absolute Gasteiger partial charge is 0.263 e. The van der Waals surface area contributed by atoms with Crippen molar-refractivity contribution >= 4 is 39.3 Å². The van der Waals surface area contributed by atoms with Gasteiger partial charge in [-0.15, -0.1) is 0 Å². The zero-order chi connectivity index (χ0) is 22.9. The minimum Gasteiger partial charge on any atom is -0.496 e. The fourth-order valence-electron chi connectivity index (χ4n) is 6.15. The SMILES string of the molecule is COc1ccccc1C(=O)N(CN1C(=O)C2C3C=CC(C4CC34)C2C1=O)c1ccc(Br)cc1. The first-order valence-corrected chi connectivity index (χ1v) is 12.0. The van der Waals surface area contributed by atoms with Crippen LogP contribution in [-0.2, 0) is 9.59 Å². The highest BCUT2D eigenvalue weighted by molar-refractivity contribution is 9.10. The highest BCUT2D eigenvalue weighted by atomic mass is 79.9. The van der Waals surface area contributed by atoms with E-state index >= 15 is 0 Å². The second-order valence-electron chi connectivity index (χ2n) is 9.31. The third-order valence-electron chi connectivity index (χ3n) is 7.76. The van der Waals surface area contributed by atoms with Gasteiger partial charge in [0.05, 0.1) is 24.5 Å². The fourth-order valence-corrected chi connectivity index (χ4v) is 6.41. The largest absolute Gasteiger partial charge is 0.496 e. The van der Waals surface area contributed by atoms with Crippen LogP contribution in [0.25, 0.3) is 0 Å². The molecule has 0 aromatic heterocycles. The van der Waals surface area contributed by atoms with Crippen molar-refractivity contribution in [2.24, 2.45) is 35.5 Å². The Morgan fingerprint density at radius 3 is 2.21 bits per heavy atom. The number of likely N-dealkylation sites (tertiary alicyclic amines) is 1. The molecule has 2 aromatic carbocycles. The molecule has 168 valence electrons. The van der Waals surface area contributed by atoms with Crippen molar-refractivity contribution in [3.05, 3.63) is 70.7 Å². The number of benzene rings is 2. The Hall–Kier alpha value is -2.93. The predicted octanol–water partition coefficient (Wildman–Crippen LogP) is 4.12. The van der Waals surface area contributed by atoms with E-state index in [1.54, 1.807) is 36.4 Å². The van der Waals surface area contributed by atoms with Crippen LogP contribution in [0, 0.1) is 35.5 Å². The first-order valence-electron chi connectivity index (χ1n) is 11.2. The molecule has 5 aliphatic rings. The van der Waals surface area contributed by atoms with Gasteiger partial charge in [-0.1, -0.05) is 40.2 Å². The normalized spacial score (nSPS) is 30.8. The summed E-state index contributed by atoms with van der Waals surface area (Å²) in [4.78, 5) is 43.5. The molecule has 1 aliphatic heterocycles. The standard InChI is InChI=1S/C26H23BrN2O4/c1-33-21-5-3-2-4-18(21)24(30)28(15-8-6-14(27)7-9-15)13-29-25(31)22-16-10-11-17(20-12-19(16)20)23(22)26(29)32/h2-11,16-17,19-20,22-23H,12-13H2,1H3. The first-order chi connectivity index (χ1) is 16.0. The summed E-state index contributed by atoms with van der Waals surface area (Å²) < 4.78 is 6.28. The Kier molecular flexibility index (Phi) is 4.73. The van der Waals surface area contributed by atoms with E-state index in [2.05, 4.69) is 28.1 Å². The second kappa shape index (κ2) is 7.55. The summed E-state index contributed by atoms with van der Waals surface area (Å²) in [5.41, 5.74) is 0.982. The molecule has 0 radical (unpaired) electrons. The van der Waals surface area contributed by atoms with Gasteiger partial charge < -0.3 is 4.74 Å².